The van der Waals surface area contributed by atoms with Crippen molar-refractivity contribution >= 4 is 34.4 Å². The van der Waals surface area contributed by atoms with Crippen molar-refractivity contribution in [3.63, 3.8) is 0 Å². The van der Waals surface area contributed by atoms with Gasteiger partial charge in [0.15, 0.2) is 0 Å². The summed E-state index contributed by atoms with van der Waals surface area (Å²) in [6.07, 6.45) is 4.31. The summed E-state index contributed by atoms with van der Waals surface area (Å²) in [5.74, 6) is -0.844. The van der Waals surface area contributed by atoms with Crippen molar-refractivity contribution in [2.75, 3.05) is 11.9 Å². The Morgan fingerprint density at radius 2 is 1.56 bits per heavy atom. The predicted molar refractivity (Wildman–Crippen MR) is 175 cm³/mol. The second kappa shape index (κ2) is 15.6. The number of unbranched alkanes of at least 4 members (excludes halogenated alkanes) is 4. The molecule has 3 aromatic rings. The molecule has 3 rings (SSSR count). The number of aryl methyl sites for hydroxylation is 1. The number of amides is 3. The van der Waals surface area contributed by atoms with E-state index in [9.17, 15) is 14.4 Å². The van der Waals surface area contributed by atoms with Crippen molar-refractivity contribution < 1.29 is 19.1 Å². The van der Waals surface area contributed by atoms with E-state index in [-0.39, 0.29) is 17.7 Å². The summed E-state index contributed by atoms with van der Waals surface area (Å²) in [5.41, 5.74) is 1.66. The minimum Gasteiger partial charge on any atom is -0.444 e. The van der Waals surface area contributed by atoms with Crippen LogP contribution in [-0.2, 0) is 14.3 Å². The number of nitrogens with one attached hydrogen (secondary N) is 2. The maximum absolute atomic E-state index is 14.4. The Kier molecular flexibility index (Phi) is 12.2. The number of fused-ring (bicyclic) bond motifs is 1. The second-order valence-corrected chi connectivity index (χ2v) is 12.7. The van der Waals surface area contributed by atoms with E-state index in [0.29, 0.717) is 12.2 Å². The quantitative estimate of drug-likeness (QED) is 0.197. The summed E-state index contributed by atoms with van der Waals surface area (Å²) in [7, 11) is 0. The molecule has 0 saturated carbocycles. The fourth-order valence-electron chi connectivity index (χ4n) is 5.17. The zero-order chi connectivity index (χ0) is 31.6. The van der Waals surface area contributed by atoms with Crippen LogP contribution in [0.2, 0.25) is 0 Å². The molecule has 0 aliphatic carbocycles. The molecular formula is C36H49N3O4. The Labute approximate surface area is 257 Å². The van der Waals surface area contributed by atoms with E-state index in [1.54, 1.807) is 25.7 Å². The van der Waals surface area contributed by atoms with E-state index in [2.05, 4.69) is 17.6 Å². The van der Waals surface area contributed by atoms with Gasteiger partial charge in [-0.1, -0.05) is 107 Å². The van der Waals surface area contributed by atoms with Crippen molar-refractivity contribution in [3.8, 4) is 0 Å². The number of ether oxygens (including phenoxy) is 1. The molecule has 0 aromatic heterocycles. The van der Waals surface area contributed by atoms with E-state index in [4.69, 9.17) is 4.74 Å². The number of anilines is 1. The highest BCUT2D eigenvalue weighted by Crippen LogP contribution is 2.28. The highest BCUT2D eigenvalue weighted by atomic mass is 16.6. The van der Waals surface area contributed by atoms with E-state index in [1.807, 2.05) is 87.5 Å². The van der Waals surface area contributed by atoms with Crippen molar-refractivity contribution in [3.05, 3.63) is 77.9 Å². The van der Waals surface area contributed by atoms with Gasteiger partial charge in [-0.3, -0.25) is 9.59 Å². The number of carbonyl (C=O) groups excluding carboxylic acids is 3. The fraction of sp³-hybridized carbons (Fsp3) is 0.472. The molecule has 2 N–H and O–H groups in total. The normalized spacial score (nSPS) is 12.9. The van der Waals surface area contributed by atoms with Crippen LogP contribution in [0.15, 0.2) is 66.7 Å². The minimum atomic E-state index is -0.897. The van der Waals surface area contributed by atoms with Crippen LogP contribution in [0.25, 0.3) is 10.8 Å². The van der Waals surface area contributed by atoms with Gasteiger partial charge in [0.2, 0.25) is 5.91 Å². The fourth-order valence-corrected chi connectivity index (χ4v) is 5.17. The standard InChI is InChI=1S/C36H49N3O4/c1-8-9-10-11-14-22-39(34(41)31(25(2)3)38-35(42)43-36(5,6)7)32(29-19-15-16-26(4)23-29)33(40)37-30-21-20-27-17-12-13-18-28(27)24-30/h12-13,15-21,23-25,31-32H,8-11,14,22H2,1-7H3,(H,37,40)(H,38,42). The van der Waals surface area contributed by atoms with E-state index in [0.717, 1.165) is 54.0 Å². The molecule has 0 spiro atoms. The maximum atomic E-state index is 14.4. The zero-order valence-corrected chi connectivity index (χ0v) is 26.9. The molecule has 0 radical (unpaired) electrons. The van der Waals surface area contributed by atoms with Crippen molar-refractivity contribution in [1.29, 1.82) is 0 Å². The minimum absolute atomic E-state index is 0.232. The molecule has 232 valence electrons. The van der Waals surface area contributed by atoms with Gasteiger partial charge in [-0.2, -0.15) is 0 Å². The highest BCUT2D eigenvalue weighted by molar-refractivity contribution is 6.00. The van der Waals surface area contributed by atoms with Gasteiger partial charge in [0.1, 0.15) is 17.7 Å². The van der Waals surface area contributed by atoms with Crippen LogP contribution in [0, 0.1) is 12.8 Å². The van der Waals surface area contributed by atoms with Gasteiger partial charge in [0, 0.05) is 12.2 Å². The summed E-state index contributed by atoms with van der Waals surface area (Å²) in [4.78, 5) is 43.1. The molecule has 0 aliphatic heterocycles. The third kappa shape index (κ3) is 10.1. The van der Waals surface area contributed by atoms with Gasteiger partial charge >= 0.3 is 6.09 Å². The average molecular weight is 588 g/mol. The van der Waals surface area contributed by atoms with Gasteiger partial charge < -0.3 is 20.3 Å². The van der Waals surface area contributed by atoms with Crippen LogP contribution in [0.1, 0.15) is 90.8 Å². The van der Waals surface area contributed by atoms with Gasteiger partial charge in [0.25, 0.3) is 5.91 Å². The second-order valence-electron chi connectivity index (χ2n) is 12.7. The molecule has 3 amide bonds. The first-order valence-corrected chi connectivity index (χ1v) is 15.6. The maximum Gasteiger partial charge on any atom is 0.408 e. The number of hydrogen-bond acceptors (Lipinski definition) is 4. The van der Waals surface area contributed by atoms with Crippen LogP contribution in [0.4, 0.5) is 10.5 Å². The van der Waals surface area contributed by atoms with E-state index >= 15 is 0 Å². The van der Waals surface area contributed by atoms with Crippen LogP contribution >= 0.6 is 0 Å². The molecule has 0 heterocycles. The summed E-state index contributed by atoms with van der Waals surface area (Å²) in [6.45, 7) is 13.6. The highest BCUT2D eigenvalue weighted by Gasteiger charge is 2.37. The van der Waals surface area contributed by atoms with Crippen molar-refractivity contribution in [2.24, 2.45) is 5.92 Å². The summed E-state index contributed by atoms with van der Waals surface area (Å²) in [6, 6.07) is 19.7. The molecule has 2 atom stereocenters. The number of rotatable bonds is 13. The Bertz CT molecular complexity index is 1380. The third-order valence-corrected chi connectivity index (χ3v) is 7.33. The predicted octanol–water partition coefficient (Wildman–Crippen LogP) is 8.18. The van der Waals surface area contributed by atoms with E-state index in [1.165, 1.54) is 0 Å². The zero-order valence-electron chi connectivity index (χ0n) is 26.9. The van der Waals surface area contributed by atoms with Gasteiger partial charge in [-0.15, -0.1) is 0 Å². The Hall–Kier alpha value is -3.87. The molecule has 2 unspecified atom stereocenters. The molecule has 3 aromatic carbocycles. The number of hydrogen-bond donors (Lipinski definition) is 2. The Balaban J connectivity index is 2.01. The molecule has 7 heteroatoms. The first kappa shape index (κ1) is 33.6. The van der Waals surface area contributed by atoms with Crippen LogP contribution in [0.5, 0.6) is 0 Å². The molecule has 0 aliphatic rings. The largest absolute Gasteiger partial charge is 0.444 e. The molecule has 0 bridgehead atoms. The van der Waals surface area contributed by atoms with Crippen molar-refractivity contribution in [1.82, 2.24) is 10.2 Å². The van der Waals surface area contributed by atoms with Crippen LogP contribution in [-0.4, -0.2) is 41.0 Å². The Morgan fingerprint density at radius 1 is 0.860 bits per heavy atom. The lowest BCUT2D eigenvalue weighted by molar-refractivity contribution is -0.141. The topological polar surface area (TPSA) is 87.7 Å². The lowest BCUT2D eigenvalue weighted by atomic mass is 9.97. The van der Waals surface area contributed by atoms with Gasteiger partial charge in [0.05, 0.1) is 0 Å². The lowest BCUT2D eigenvalue weighted by Gasteiger charge is -2.36. The Morgan fingerprint density at radius 3 is 2.21 bits per heavy atom. The number of benzene rings is 3. The monoisotopic (exact) mass is 587 g/mol. The van der Waals surface area contributed by atoms with Crippen LogP contribution < -0.4 is 10.6 Å². The molecular weight excluding hydrogens is 538 g/mol. The SMILES string of the molecule is CCCCCCCN(C(=O)C(NC(=O)OC(C)(C)C)C(C)C)C(C(=O)Nc1ccc2ccccc2c1)c1cccc(C)c1. The van der Waals surface area contributed by atoms with Gasteiger partial charge in [-0.05, 0) is 68.5 Å². The lowest BCUT2D eigenvalue weighted by Crippen LogP contribution is -2.54. The van der Waals surface area contributed by atoms with Crippen molar-refractivity contribution in [2.45, 2.75) is 98.3 Å². The molecule has 0 saturated heterocycles. The average Bonchev–Trinajstić information content (AvgIpc) is 2.93. The number of nitrogens with zero attached hydrogens (tertiary/aromatic N) is 1. The number of alkyl carbamates (subject to hydrolysis) is 1. The summed E-state index contributed by atoms with van der Waals surface area (Å²) in [5, 5.41) is 7.99. The van der Waals surface area contributed by atoms with E-state index < -0.39 is 23.8 Å². The first-order chi connectivity index (χ1) is 20.4. The third-order valence-electron chi connectivity index (χ3n) is 7.33. The van der Waals surface area contributed by atoms with Gasteiger partial charge in [-0.25, -0.2) is 4.79 Å². The summed E-state index contributed by atoms with van der Waals surface area (Å²) < 4.78 is 5.50. The summed E-state index contributed by atoms with van der Waals surface area (Å²) >= 11 is 0. The molecule has 7 nitrogen and oxygen atoms in total. The smallest absolute Gasteiger partial charge is 0.408 e. The molecule has 43 heavy (non-hydrogen) atoms. The van der Waals surface area contributed by atoms with Crippen LogP contribution in [0.3, 0.4) is 0 Å². The molecule has 0 fully saturated rings. The number of carbonyl (C=O) groups is 3. The first-order valence-electron chi connectivity index (χ1n) is 15.6.